The molecule has 10 nitrogen and oxygen atoms in total. The van der Waals surface area contributed by atoms with Crippen molar-refractivity contribution in [2.45, 2.75) is 39.3 Å². The minimum atomic E-state index is -1.35. The van der Waals surface area contributed by atoms with Gasteiger partial charge in [0.1, 0.15) is 0 Å². The lowest BCUT2D eigenvalue weighted by atomic mass is 10.1. The molecule has 0 aromatic heterocycles. The van der Waals surface area contributed by atoms with Crippen LogP contribution >= 0.6 is 0 Å². The molecule has 2 aromatic rings. The molecule has 0 spiro atoms. The molecule has 182 valence electrons. The van der Waals surface area contributed by atoms with Gasteiger partial charge in [-0.1, -0.05) is 12.1 Å². The number of ether oxygens (including phenoxy) is 8. The van der Waals surface area contributed by atoms with Crippen molar-refractivity contribution in [1.82, 2.24) is 0 Å². The van der Waals surface area contributed by atoms with Crippen LogP contribution < -0.4 is 18.9 Å². The molecule has 0 unspecified atom stereocenters. The van der Waals surface area contributed by atoms with E-state index in [0.717, 1.165) is 11.1 Å². The second kappa shape index (κ2) is 11.1. The Morgan fingerprint density at radius 2 is 1.12 bits per heavy atom. The molecule has 2 heterocycles. The average Bonchev–Trinajstić information content (AvgIpc) is 3.49. The van der Waals surface area contributed by atoms with Gasteiger partial charge in [0.15, 0.2) is 35.2 Å². The standard InChI is InChI=1S/C24H26O10/c1-3-27-23(25)21(29-11-15-5-7-17-19(9-15)33-13-31-17)22(24(26)28-4-2)30-12-16-6-8-18-20(10-16)34-14-32-18/h5-10,21-22H,3-4,11-14H2,1-2H3/t21-,22-/m0/s1. The van der Waals surface area contributed by atoms with Crippen LogP contribution in [0.4, 0.5) is 0 Å². The van der Waals surface area contributed by atoms with E-state index in [1.807, 2.05) is 0 Å². The lowest BCUT2D eigenvalue weighted by Gasteiger charge is -2.24. The van der Waals surface area contributed by atoms with E-state index in [2.05, 4.69) is 0 Å². The molecule has 0 N–H and O–H groups in total. The van der Waals surface area contributed by atoms with E-state index in [1.165, 1.54) is 0 Å². The van der Waals surface area contributed by atoms with Crippen molar-refractivity contribution >= 4 is 11.9 Å². The van der Waals surface area contributed by atoms with Gasteiger partial charge in [0.05, 0.1) is 26.4 Å². The molecule has 0 fully saturated rings. The Kier molecular flexibility index (Phi) is 7.71. The molecule has 0 amide bonds. The van der Waals surface area contributed by atoms with E-state index >= 15 is 0 Å². The van der Waals surface area contributed by atoms with Crippen molar-refractivity contribution in [3.63, 3.8) is 0 Å². The normalized spacial score (nSPS) is 15.0. The van der Waals surface area contributed by atoms with Crippen molar-refractivity contribution in [1.29, 1.82) is 0 Å². The zero-order valence-corrected chi connectivity index (χ0v) is 18.9. The molecular formula is C24H26O10. The first-order valence-electron chi connectivity index (χ1n) is 10.9. The zero-order chi connectivity index (χ0) is 23.9. The molecule has 0 saturated heterocycles. The molecule has 0 bridgehead atoms. The van der Waals surface area contributed by atoms with Crippen molar-refractivity contribution in [3.05, 3.63) is 47.5 Å². The number of carbonyl (C=O) groups is 2. The highest BCUT2D eigenvalue weighted by Gasteiger charge is 2.38. The monoisotopic (exact) mass is 474 g/mol. The third-order valence-corrected chi connectivity index (χ3v) is 5.05. The summed E-state index contributed by atoms with van der Waals surface area (Å²) in [6, 6.07) is 10.6. The largest absolute Gasteiger partial charge is 0.464 e. The molecule has 2 aromatic carbocycles. The third kappa shape index (κ3) is 5.52. The Balaban J connectivity index is 1.50. The number of esters is 2. The molecule has 10 heteroatoms. The number of hydrogen-bond acceptors (Lipinski definition) is 10. The van der Waals surface area contributed by atoms with Crippen LogP contribution in [-0.2, 0) is 41.8 Å². The summed E-state index contributed by atoms with van der Waals surface area (Å²) in [5, 5.41) is 0. The second-order valence-electron chi connectivity index (χ2n) is 7.34. The van der Waals surface area contributed by atoms with E-state index < -0.39 is 24.1 Å². The Morgan fingerprint density at radius 1 is 0.706 bits per heavy atom. The first kappa shape index (κ1) is 23.7. The van der Waals surface area contributed by atoms with E-state index in [1.54, 1.807) is 50.2 Å². The topological polar surface area (TPSA) is 108 Å². The van der Waals surface area contributed by atoms with Crippen LogP contribution in [-0.4, -0.2) is 50.9 Å². The fourth-order valence-electron chi connectivity index (χ4n) is 3.44. The maximum absolute atomic E-state index is 12.8. The smallest absolute Gasteiger partial charge is 0.338 e. The van der Waals surface area contributed by atoms with Crippen molar-refractivity contribution in [3.8, 4) is 23.0 Å². The van der Waals surface area contributed by atoms with Crippen LogP contribution in [0.1, 0.15) is 25.0 Å². The third-order valence-electron chi connectivity index (χ3n) is 5.05. The number of rotatable bonds is 11. The van der Waals surface area contributed by atoms with Crippen LogP contribution in [0.3, 0.4) is 0 Å². The van der Waals surface area contributed by atoms with Gasteiger partial charge in [0, 0.05) is 0 Å². The van der Waals surface area contributed by atoms with Gasteiger partial charge in [-0.05, 0) is 49.2 Å². The van der Waals surface area contributed by atoms with Crippen LogP contribution in [0, 0.1) is 0 Å². The summed E-state index contributed by atoms with van der Waals surface area (Å²) in [4.78, 5) is 25.5. The first-order chi connectivity index (χ1) is 16.6. The Labute approximate surface area is 196 Å². The molecule has 0 saturated carbocycles. The SMILES string of the molecule is CCOC(=O)[C@@H](OCc1ccc2c(c1)OCO2)[C@H](OCc1ccc2c(c1)OCO2)C(=O)OCC. The predicted molar refractivity (Wildman–Crippen MR) is 116 cm³/mol. The van der Waals surface area contributed by atoms with Gasteiger partial charge in [-0.25, -0.2) is 9.59 Å². The van der Waals surface area contributed by atoms with Crippen LogP contribution in [0.15, 0.2) is 36.4 Å². The average molecular weight is 474 g/mol. The van der Waals surface area contributed by atoms with Gasteiger partial charge in [-0.3, -0.25) is 0 Å². The van der Waals surface area contributed by atoms with Gasteiger partial charge >= 0.3 is 11.9 Å². The quantitative estimate of drug-likeness (QED) is 0.451. The lowest BCUT2D eigenvalue weighted by Crippen LogP contribution is -2.45. The predicted octanol–water partition coefficient (Wildman–Crippen LogP) is 2.74. The molecule has 0 radical (unpaired) electrons. The van der Waals surface area contributed by atoms with Gasteiger partial charge < -0.3 is 37.9 Å². The van der Waals surface area contributed by atoms with E-state index in [-0.39, 0.29) is 40.0 Å². The van der Waals surface area contributed by atoms with Crippen molar-refractivity contribution < 1.29 is 47.5 Å². The first-order valence-corrected chi connectivity index (χ1v) is 10.9. The van der Waals surface area contributed by atoms with Crippen LogP contribution in [0.25, 0.3) is 0 Å². The number of benzene rings is 2. The lowest BCUT2D eigenvalue weighted by molar-refractivity contribution is -0.185. The Bertz CT molecular complexity index is 939. The molecule has 0 aliphatic carbocycles. The van der Waals surface area contributed by atoms with Gasteiger partial charge in [0.2, 0.25) is 13.6 Å². The summed E-state index contributed by atoms with van der Waals surface area (Å²) in [6.07, 6.45) is -2.70. The Morgan fingerprint density at radius 3 is 1.53 bits per heavy atom. The fraction of sp³-hybridized carbons (Fsp3) is 0.417. The summed E-state index contributed by atoms with van der Waals surface area (Å²) in [5.74, 6) is 0.952. The number of hydrogen-bond donors (Lipinski definition) is 0. The van der Waals surface area contributed by atoms with Gasteiger partial charge in [-0.2, -0.15) is 0 Å². The van der Waals surface area contributed by atoms with Gasteiger partial charge in [-0.15, -0.1) is 0 Å². The number of fused-ring (bicyclic) bond motifs is 2. The number of carbonyl (C=O) groups excluding carboxylic acids is 2. The summed E-state index contributed by atoms with van der Waals surface area (Å²) in [7, 11) is 0. The summed E-state index contributed by atoms with van der Waals surface area (Å²) < 4.78 is 43.4. The maximum Gasteiger partial charge on any atom is 0.338 e. The molecule has 2 atom stereocenters. The highest BCUT2D eigenvalue weighted by atomic mass is 16.7. The summed E-state index contributed by atoms with van der Waals surface area (Å²) >= 11 is 0. The summed E-state index contributed by atoms with van der Waals surface area (Å²) in [6.45, 7) is 3.85. The van der Waals surface area contributed by atoms with Crippen molar-refractivity contribution in [2.75, 3.05) is 26.8 Å². The Hall–Kier alpha value is -3.50. The maximum atomic E-state index is 12.8. The molecule has 4 rings (SSSR count). The molecule has 2 aliphatic rings. The van der Waals surface area contributed by atoms with Crippen molar-refractivity contribution in [2.24, 2.45) is 0 Å². The molecule has 2 aliphatic heterocycles. The van der Waals surface area contributed by atoms with E-state index in [0.29, 0.717) is 23.0 Å². The minimum absolute atomic E-state index is 0.00338. The van der Waals surface area contributed by atoms with E-state index in [4.69, 9.17) is 37.9 Å². The highest BCUT2D eigenvalue weighted by Crippen LogP contribution is 2.34. The van der Waals surface area contributed by atoms with Gasteiger partial charge in [0.25, 0.3) is 0 Å². The highest BCUT2D eigenvalue weighted by molar-refractivity contribution is 5.85. The molecule has 34 heavy (non-hydrogen) atoms. The van der Waals surface area contributed by atoms with Crippen LogP contribution in [0.5, 0.6) is 23.0 Å². The minimum Gasteiger partial charge on any atom is -0.464 e. The van der Waals surface area contributed by atoms with E-state index in [9.17, 15) is 9.59 Å². The summed E-state index contributed by atoms with van der Waals surface area (Å²) in [5.41, 5.74) is 1.44. The molecular weight excluding hydrogens is 448 g/mol. The van der Waals surface area contributed by atoms with Crippen LogP contribution in [0.2, 0.25) is 0 Å². The fourth-order valence-corrected chi connectivity index (χ4v) is 3.44. The zero-order valence-electron chi connectivity index (χ0n) is 18.9. The second-order valence-corrected chi connectivity index (χ2v) is 7.34.